The van der Waals surface area contributed by atoms with Crippen molar-refractivity contribution in [1.29, 1.82) is 0 Å². The first kappa shape index (κ1) is 3.14. The molecule has 1 fully saturated rings. The minimum absolute atomic E-state index is 0.671. The van der Waals surface area contributed by atoms with Gasteiger partial charge in [0.25, 0.3) is 0 Å². The molecule has 1 rings (SSSR count). The topological polar surface area (TPSA) is 55.4 Å². The number of carbonyl (C=O) groups excluding carboxylic acids is 2. The maximum absolute atomic E-state index is 9.64. The van der Waals surface area contributed by atoms with Crippen molar-refractivity contribution in [3.05, 3.63) is 0 Å². The molecule has 0 aromatic heterocycles. The summed E-state index contributed by atoms with van der Waals surface area (Å²) in [6.45, 7) is 0. The lowest BCUT2D eigenvalue weighted by Gasteiger charge is -2.08. The van der Waals surface area contributed by atoms with Gasteiger partial charge in [0.2, 0.25) is 0 Å². The van der Waals surface area contributed by atoms with Crippen molar-refractivity contribution in [2.45, 2.75) is 0 Å². The van der Waals surface area contributed by atoms with Crippen molar-refractivity contribution < 1.29 is 14.4 Å². The highest BCUT2D eigenvalue weighted by Gasteiger charge is 2.26. The van der Waals surface area contributed by atoms with E-state index in [1.807, 2.05) is 0 Å². The lowest BCUT2D eigenvalue weighted by molar-refractivity contribution is -0.182. The summed E-state index contributed by atoms with van der Waals surface area (Å²) in [7, 11) is 0. The van der Waals surface area contributed by atoms with Crippen LogP contribution in [0.2, 0.25) is 0 Å². The van der Waals surface area contributed by atoms with Crippen LogP contribution >= 0.6 is 0 Å². The van der Waals surface area contributed by atoms with E-state index in [1.54, 1.807) is 5.48 Å². The Morgan fingerprint density at radius 3 is 2.00 bits per heavy atom. The van der Waals surface area contributed by atoms with E-state index in [0.29, 0.717) is 0 Å². The summed E-state index contributed by atoms with van der Waals surface area (Å²) in [4.78, 5) is 23.0. The summed E-state index contributed by atoms with van der Waals surface area (Å²) >= 11 is 0. The summed E-state index contributed by atoms with van der Waals surface area (Å²) in [5.74, 6) is -1.48. The van der Waals surface area contributed by atoms with Gasteiger partial charge in [0.15, 0.2) is 0 Å². The van der Waals surface area contributed by atoms with Crippen LogP contribution in [0.1, 0.15) is 0 Å². The fourth-order valence-electron chi connectivity index (χ4n) is 0.134. The first-order valence-corrected chi connectivity index (χ1v) is 1.32. The Bertz CT molecular complexity index is 93.4. The van der Waals surface area contributed by atoms with Crippen LogP contribution in [0.25, 0.3) is 0 Å². The third kappa shape index (κ3) is 0.176. The SMILES string of the molecule is O=C1NOC1=O. The Morgan fingerprint density at radius 1 is 1.50 bits per heavy atom. The zero-order valence-electron chi connectivity index (χ0n) is 2.72. The highest BCUT2D eigenvalue weighted by Crippen LogP contribution is 1.83. The number of carbonyl (C=O) groups is 2. The second-order valence-electron chi connectivity index (χ2n) is 0.821. The van der Waals surface area contributed by atoms with Crippen LogP contribution in [0.5, 0.6) is 0 Å². The average Bonchev–Trinajstić information content (AvgIpc) is 1.61. The normalized spacial score (nSPS) is 18.0. The number of nitrogens with one attached hydrogen (secondary N) is 1. The van der Waals surface area contributed by atoms with Crippen molar-refractivity contribution in [2.75, 3.05) is 0 Å². The fraction of sp³-hybridized carbons (Fsp3) is 0. The first-order valence-electron chi connectivity index (χ1n) is 1.32. The second-order valence-corrected chi connectivity index (χ2v) is 0.821. The van der Waals surface area contributed by atoms with Crippen LogP contribution in [0.4, 0.5) is 0 Å². The van der Waals surface area contributed by atoms with Gasteiger partial charge in [0.05, 0.1) is 0 Å². The predicted molar refractivity (Wildman–Crippen MR) is 14.2 cm³/mol. The zero-order chi connectivity index (χ0) is 4.57. The van der Waals surface area contributed by atoms with Gasteiger partial charge in [-0.15, -0.1) is 0 Å². The molecule has 0 radical (unpaired) electrons. The highest BCUT2D eigenvalue weighted by molar-refractivity contribution is 6.36. The quantitative estimate of drug-likeness (QED) is 0.369. The van der Waals surface area contributed by atoms with E-state index in [2.05, 4.69) is 4.84 Å². The molecule has 0 aromatic carbocycles. The molecule has 1 amide bonds. The predicted octanol–water partition coefficient (Wildman–Crippen LogP) is -1.43. The monoisotopic (exact) mass is 87.0 g/mol. The Kier molecular flexibility index (Phi) is 0.370. The fourth-order valence-corrected chi connectivity index (χ4v) is 0.134. The molecule has 0 atom stereocenters. The van der Waals surface area contributed by atoms with Crippen molar-refractivity contribution in [3.63, 3.8) is 0 Å². The standard InChI is InChI=1S/C2HNO3/c4-1-2(5)6-3-1/h(H,3,4). The molecule has 0 spiro atoms. The highest BCUT2D eigenvalue weighted by atomic mass is 16.7. The molecule has 0 aliphatic carbocycles. The van der Waals surface area contributed by atoms with Gasteiger partial charge >= 0.3 is 11.9 Å². The molecular weight excluding hydrogens is 86.0 g/mol. The molecule has 1 saturated heterocycles. The summed E-state index contributed by atoms with van der Waals surface area (Å²) < 4.78 is 0. The molecular formula is C2HNO3. The maximum Gasteiger partial charge on any atom is 0.424 e. The third-order valence-corrected chi connectivity index (χ3v) is 0.422. The van der Waals surface area contributed by atoms with Gasteiger partial charge in [0, 0.05) is 0 Å². The molecule has 4 heteroatoms. The summed E-state index contributed by atoms with van der Waals surface area (Å²) in [6.07, 6.45) is 0. The number of amides is 1. The van der Waals surface area contributed by atoms with Crippen LogP contribution in [0.3, 0.4) is 0 Å². The number of hydroxylamine groups is 1. The van der Waals surface area contributed by atoms with E-state index < -0.39 is 11.9 Å². The van der Waals surface area contributed by atoms with E-state index in [1.165, 1.54) is 0 Å². The second kappa shape index (κ2) is 0.707. The molecule has 0 unspecified atom stereocenters. The lowest BCUT2D eigenvalue weighted by atomic mass is 10.6. The van der Waals surface area contributed by atoms with Gasteiger partial charge in [-0.2, -0.15) is 5.48 Å². The molecule has 1 heterocycles. The van der Waals surface area contributed by atoms with E-state index in [4.69, 9.17) is 0 Å². The number of rotatable bonds is 0. The summed E-state index contributed by atoms with van der Waals surface area (Å²) in [6, 6.07) is 0. The van der Waals surface area contributed by atoms with Crippen LogP contribution < -0.4 is 5.48 Å². The molecule has 32 valence electrons. The van der Waals surface area contributed by atoms with Crippen LogP contribution in [0.15, 0.2) is 0 Å². The van der Waals surface area contributed by atoms with Crippen molar-refractivity contribution >= 4 is 11.9 Å². The molecule has 4 nitrogen and oxygen atoms in total. The van der Waals surface area contributed by atoms with Crippen LogP contribution in [-0.2, 0) is 14.4 Å². The smallest absolute Gasteiger partial charge is 0.330 e. The molecule has 1 aliphatic rings. The largest absolute Gasteiger partial charge is 0.424 e. The van der Waals surface area contributed by atoms with Crippen molar-refractivity contribution in [1.82, 2.24) is 5.48 Å². The maximum atomic E-state index is 9.64. The van der Waals surface area contributed by atoms with Crippen LogP contribution in [0, 0.1) is 0 Å². The van der Waals surface area contributed by atoms with Crippen molar-refractivity contribution in [2.24, 2.45) is 0 Å². The third-order valence-electron chi connectivity index (χ3n) is 0.422. The van der Waals surface area contributed by atoms with Gasteiger partial charge in [-0.25, -0.2) is 4.79 Å². The van der Waals surface area contributed by atoms with E-state index in [9.17, 15) is 9.59 Å². The van der Waals surface area contributed by atoms with Gasteiger partial charge in [-0.3, -0.25) is 4.79 Å². The molecule has 0 aromatic rings. The Labute approximate surface area is 33.0 Å². The van der Waals surface area contributed by atoms with Gasteiger partial charge in [-0.1, -0.05) is 0 Å². The zero-order valence-corrected chi connectivity index (χ0v) is 2.72. The van der Waals surface area contributed by atoms with Gasteiger partial charge in [-0.05, 0) is 0 Å². The number of hydrogen-bond acceptors (Lipinski definition) is 3. The summed E-state index contributed by atoms with van der Waals surface area (Å²) in [5.41, 5.74) is 1.77. The molecule has 0 saturated carbocycles. The molecule has 1 aliphatic heterocycles. The Morgan fingerprint density at radius 2 is 2.00 bits per heavy atom. The molecule has 6 heavy (non-hydrogen) atoms. The van der Waals surface area contributed by atoms with E-state index >= 15 is 0 Å². The van der Waals surface area contributed by atoms with E-state index in [-0.39, 0.29) is 0 Å². The number of hydrogen-bond donors (Lipinski definition) is 1. The molecule has 1 N–H and O–H groups in total. The molecule has 0 bridgehead atoms. The average molecular weight is 87.0 g/mol. The lowest BCUT2D eigenvalue weighted by Crippen LogP contribution is -2.46. The van der Waals surface area contributed by atoms with E-state index in [0.717, 1.165) is 0 Å². The Hall–Kier alpha value is -1.06. The first-order chi connectivity index (χ1) is 2.80. The Balaban J connectivity index is 2.61. The van der Waals surface area contributed by atoms with Gasteiger partial charge in [0.1, 0.15) is 0 Å². The minimum atomic E-state index is -0.810. The summed E-state index contributed by atoms with van der Waals surface area (Å²) in [5, 5.41) is 0. The van der Waals surface area contributed by atoms with Crippen LogP contribution in [-0.4, -0.2) is 11.9 Å². The minimum Gasteiger partial charge on any atom is -0.330 e. The van der Waals surface area contributed by atoms with Gasteiger partial charge < -0.3 is 4.84 Å². The van der Waals surface area contributed by atoms with Crippen molar-refractivity contribution in [3.8, 4) is 0 Å².